The molecule has 0 atom stereocenters. The summed E-state index contributed by atoms with van der Waals surface area (Å²) in [5.41, 5.74) is 1.84. The number of Topliss-reactive ketones (excluding diaryl/α,β-unsaturated/α-hetero) is 1. The summed E-state index contributed by atoms with van der Waals surface area (Å²) in [6, 6.07) is 17.3. The second-order valence-corrected chi connectivity index (χ2v) is 4.96. The zero-order chi connectivity index (χ0) is 14.4. The Morgan fingerprint density at radius 3 is 2.25 bits per heavy atom. The first kappa shape index (κ1) is 14.3. The van der Waals surface area contributed by atoms with Crippen molar-refractivity contribution in [3.63, 3.8) is 0 Å². The number of carbonyl (C=O) groups excluding carboxylic acids is 1. The van der Waals surface area contributed by atoms with E-state index in [1.807, 2.05) is 73.6 Å². The van der Waals surface area contributed by atoms with Crippen LogP contribution in [0, 0.1) is 0 Å². The van der Waals surface area contributed by atoms with Crippen LogP contribution in [0.2, 0.25) is 0 Å². The van der Waals surface area contributed by atoms with Crippen molar-refractivity contribution in [2.75, 3.05) is 20.6 Å². The largest absolute Gasteiger partial charge is 0.489 e. The number of ketones is 1. The monoisotopic (exact) mass is 269 g/mol. The highest BCUT2D eigenvalue weighted by Crippen LogP contribution is 2.14. The number of carbonyl (C=O) groups is 1. The molecule has 0 aliphatic carbocycles. The molecule has 0 unspecified atom stereocenters. The first-order valence-electron chi connectivity index (χ1n) is 6.60. The lowest BCUT2D eigenvalue weighted by atomic mass is 10.1. The summed E-state index contributed by atoms with van der Waals surface area (Å²) in [4.78, 5) is 13.7. The van der Waals surface area contributed by atoms with Crippen molar-refractivity contribution in [2.45, 2.75) is 6.61 Å². The molecule has 0 amide bonds. The van der Waals surface area contributed by atoms with Gasteiger partial charge < -0.3 is 9.64 Å². The molecule has 0 bridgehead atoms. The van der Waals surface area contributed by atoms with Crippen molar-refractivity contribution < 1.29 is 9.53 Å². The van der Waals surface area contributed by atoms with E-state index in [1.165, 1.54) is 0 Å². The van der Waals surface area contributed by atoms with Crippen LogP contribution >= 0.6 is 0 Å². The predicted molar refractivity (Wildman–Crippen MR) is 80.1 cm³/mol. The maximum absolute atomic E-state index is 11.9. The minimum Gasteiger partial charge on any atom is -0.489 e. The van der Waals surface area contributed by atoms with Gasteiger partial charge in [-0.1, -0.05) is 30.3 Å². The Kier molecular flexibility index (Phi) is 4.91. The average molecular weight is 269 g/mol. The van der Waals surface area contributed by atoms with Gasteiger partial charge in [-0.25, -0.2) is 0 Å². The summed E-state index contributed by atoms with van der Waals surface area (Å²) in [6.45, 7) is 0.954. The van der Waals surface area contributed by atoms with Gasteiger partial charge in [0.2, 0.25) is 0 Å². The Morgan fingerprint density at radius 2 is 1.65 bits per heavy atom. The topological polar surface area (TPSA) is 29.5 Å². The van der Waals surface area contributed by atoms with E-state index >= 15 is 0 Å². The SMILES string of the molecule is CN(C)CC(=O)c1ccc(OCc2ccccc2)cc1. The number of rotatable bonds is 6. The van der Waals surface area contributed by atoms with E-state index in [2.05, 4.69) is 0 Å². The van der Waals surface area contributed by atoms with Gasteiger partial charge in [-0.2, -0.15) is 0 Å². The van der Waals surface area contributed by atoms with Gasteiger partial charge >= 0.3 is 0 Å². The van der Waals surface area contributed by atoms with Gasteiger partial charge in [0.25, 0.3) is 0 Å². The molecule has 0 fully saturated rings. The van der Waals surface area contributed by atoms with Crippen LogP contribution in [0.25, 0.3) is 0 Å². The second-order valence-electron chi connectivity index (χ2n) is 4.96. The first-order valence-corrected chi connectivity index (χ1v) is 6.60. The standard InChI is InChI=1S/C17H19NO2/c1-18(2)12-17(19)15-8-10-16(11-9-15)20-13-14-6-4-3-5-7-14/h3-11H,12-13H2,1-2H3. The molecule has 0 spiro atoms. The molecular formula is C17H19NO2. The molecule has 3 heteroatoms. The third-order valence-electron chi connectivity index (χ3n) is 2.88. The zero-order valence-corrected chi connectivity index (χ0v) is 11.9. The van der Waals surface area contributed by atoms with Crippen LogP contribution in [0.5, 0.6) is 5.75 Å². The van der Waals surface area contributed by atoms with Crippen molar-refractivity contribution in [3.05, 3.63) is 65.7 Å². The third-order valence-corrected chi connectivity index (χ3v) is 2.88. The fourth-order valence-corrected chi connectivity index (χ4v) is 1.86. The van der Waals surface area contributed by atoms with Crippen LogP contribution in [0.15, 0.2) is 54.6 Å². The first-order chi connectivity index (χ1) is 9.65. The van der Waals surface area contributed by atoms with Gasteiger partial charge in [-0.15, -0.1) is 0 Å². The highest BCUT2D eigenvalue weighted by molar-refractivity contribution is 5.97. The fraction of sp³-hybridized carbons (Fsp3) is 0.235. The number of likely N-dealkylation sites (N-methyl/N-ethyl adjacent to an activating group) is 1. The maximum Gasteiger partial charge on any atom is 0.176 e. The Morgan fingerprint density at radius 1 is 1.00 bits per heavy atom. The average Bonchev–Trinajstić information content (AvgIpc) is 2.46. The van der Waals surface area contributed by atoms with Gasteiger partial charge in [-0.3, -0.25) is 4.79 Å². The Bertz CT molecular complexity index is 547. The summed E-state index contributed by atoms with van der Waals surface area (Å²) >= 11 is 0. The fourth-order valence-electron chi connectivity index (χ4n) is 1.86. The lowest BCUT2D eigenvalue weighted by molar-refractivity contribution is 0.0958. The van der Waals surface area contributed by atoms with E-state index in [4.69, 9.17) is 4.74 Å². The molecule has 0 saturated carbocycles. The number of hydrogen-bond donors (Lipinski definition) is 0. The minimum absolute atomic E-state index is 0.115. The van der Waals surface area contributed by atoms with Gasteiger partial charge in [0.15, 0.2) is 5.78 Å². The van der Waals surface area contributed by atoms with Crippen LogP contribution in [0.3, 0.4) is 0 Å². The van der Waals surface area contributed by atoms with Crippen molar-refractivity contribution in [1.82, 2.24) is 4.90 Å². The molecule has 0 heterocycles. The minimum atomic E-state index is 0.115. The summed E-state index contributed by atoms with van der Waals surface area (Å²) < 4.78 is 5.69. The van der Waals surface area contributed by atoms with Crippen molar-refractivity contribution in [1.29, 1.82) is 0 Å². The van der Waals surface area contributed by atoms with Gasteiger partial charge in [0.1, 0.15) is 12.4 Å². The lowest BCUT2D eigenvalue weighted by Gasteiger charge is -2.09. The van der Waals surface area contributed by atoms with Crippen LogP contribution < -0.4 is 4.74 Å². The molecule has 0 aromatic heterocycles. The molecule has 0 radical (unpaired) electrons. The Hall–Kier alpha value is -2.13. The maximum atomic E-state index is 11.9. The van der Waals surface area contributed by atoms with E-state index < -0.39 is 0 Å². The van der Waals surface area contributed by atoms with E-state index in [1.54, 1.807) is 0 Å². The zero-order valence-electron chi connectivity index (χ0n) is 11.9. The molecule has 20 heavy (non-hydrogen) atoms. The molecule has 2 aromatic rings. The highest BCUT2D eigenvalue weighted by Gasteiger charge is 2.06. The predicted octanol–water partition coefficient (Wildman–Crippen LogP) is 3.01. The number of benzene rings is 2. The van der Waals surface area contributed by atoms with Crippen LogP contribution in [-0.2, 0) is 6.61 Å². The number of hydrogen-bond acceptors (Lipinski definition) is 3. The van der Waals surface area contributed by atoms with Crippen molar-refractivity contribution in [2.24, 2.45) is 0 Å². The van der Waals surface area contributed by atoms with E-state index in [-0.39, 0.29) is 5.78 Å². The van der Waals surface area contributed by atoms with Gasteiger partial charge in [0, 0.05) is 5.56 Å². The molecule has 0 aliphatic rings. The van der Waals surface area contributed by atoms with Gasteiger partial charge in [0.05, 0.1) is 6.54 Å². The smallest absolute Gasteiger partial charge is 0.176 e. The normalized spacial score (nSPS) is 10.6. The van der Waals surface area contributed by atoms with Crippen molar-refractivity contribution >= 4 is 5.78 Å². The van der Waals surface area contributed by atoms with E-state index in [0.717, 1.165) is 11.3 Å². The molecular weight excluding hydrogens is 250 g/mol. The molecule has 104 valence electrons. The number of nitrogens with zero attached hydrogens (tertiary/aromatic N) is 1. The Balaban J connectivity index is 1.93. The third kappa shape index (κ3) is 4.21. The summed E-state index contributed by atoms with van der Waals surface area (Å²) in [5, 5.41) is 0. The van der Waals surface area contributed by atoms with Crippen molar-refractivity contribution in [3.8, 4) is 5.75 Å². The highest BCUT2D eigenvalue weighted by atomic mass is 16.5. The van der Waals surface area contributed by atoms with Gasteiger partial charge in [-0.05, 0) is 43.9 Å². The molecule has 2 rings (SSSR count). The van der Waals surface area contributed by atoms with E-state index in [0.29, 0.717) is 18.7 Å². The molecule has 2 aromatic carbocycles. The number of ether oxygens (including phenoxy) is 1. The Labute approximate surface area is 119 Å². The summed E-state index contributed by atoms with van der Waals surface area (Å²) in [6.07, 6.45) is 0. The summed E-state index contributed by atoms with van der Waals surface area (Å²) in [7, 11) is 3.77. The van der Waals surface area contributed by atoms with E-state index in [9.17, 15) is 4.79 Å². The molecule has 0 saturated heterocycles. The van der Waals surface area contributed by atoms with Crippen LogP contribution in [0.4, 0.5) is 0 Å². The second kappa shape index (κ2) is 6.87. The quantitative estimate of drug-likeness (QED) is 0.755. The van der Waals surface area contributed by atoms with Crippen LogP contribution in [0.1, 0.15) is 15.9 Å². The molecule has 3 nitrogen and oxygen atoms in total. The lowest BCUT2D eigenvalue weighted by Crippen LogP contribution is -2.21. The molecule has 0 N–H and O–H groups in total. The van der Waals surface area contributed by atoms with Crippen LogP contribution in [-0.4, -0.2) is 31.3 Å². The summed E-state index contributed by atoms with van der Waals surface area (Å²) in [5.74, 6) is 0.889. The molecule has 0 aliphatic heterocycles.